The fourth-order valence-corrected chi connectivity index (χ4v) is 2.59. The normalized spacial score (nSPS) is 10.9. The van der Waals surface area contributed by atoms with Crippen molar-refractivity contribution in [3.63, 3.8) is 0 Å². The Morgan fingerprint density at radius 2 is 1.73 bits per heavy atom. The van der Waals surface area contributed by atoms with Gasteiger partial charge in [-0.05, 0) is 18.1 Å². The third kappa shape index (κ3) is 3.32. The molecule has 0 unspecified atom stereocenters. The van der Waals surface area contributed by atoms with Crippen molar-refractivity contribution in [2.24, 2.45) is 0 Å². The van der Waals surface area contributed by atoms with Crippen LogP contribution >= 0.6 is 0 Å². The molecule has 116 valence electrons. The quantitative estimate of drug-likeness (QED) is 0.463. The van der Waals surface area contributed by atoms with E-state index in [0.29, 0.717) is 12.0 Å². The molecule has 0 amide bonds. The van der Waals surface area contributed by atoms with Crippen LogP contribution in [-0.4, -0.2) is 19.1 Å². The largest absolute Gasteiger partial charge is 0.352 e. The van der Waals surface area contributed by atoms with E-state index in [1.165, 1.54) is 14.2 Å². The second-order valence-corrected chi connectivity index (χ2v) is 5.02. The lowest BCUT2D eigenvalue weighted by molar-refractivity contribution is -0.385. The molecule has 2 aromatic carbocycles. The summed E-state index contributed by atoms with van der Waals surface area (Å²) in [6.07, 6.45) is -0.171. The van der Waals surface area contributed by atoms with Gasteiger partial charge < -0.3 is 9.47 Å². The number of methoxy groups -OCH3 is 2. The summed E-state index contributed by atoms with van der Waals surface area (Å²) in [5.41, 5.74) is 3.35. The van der Waals surface area contributed by atoms with E-state index in [9.17, 15) is 10.1 Å². The predicted octanol–water partition coefficient (Wildman–Crippen LogP) is 3.79. The maximum absolute atomic E-state index is 11.4. The summed E-state index contributed by atoms with van der Waals surface area (Å²) in [7, 11) is 3.05. The molecule has 0 aliphatic heterocycles. The average molecular weight is 301 g/mol. The number of nitro groups is 1. The summed E-state index contributed by atoms with van der Waals surface area (Å²) in [5, 5.41) is 11.4. The van der Waals surface area contributed by atoms with E-state index in [-0.39, 0.29) is 10.6 Å². The van der Waals surface area contributed by atoms with Gasteiger partial charge in [-0.2, -0.15) is 0 Å². The van der Waals surface area contributed by atoms with Gasteiger partial charge in [0.25, 0.3) is 5.69 Å². The Morgan fingerprint density at radius 3 is 2.27 bits per heavy atom. The van der Waals surface area contributed by atoms with Gasteiger partial charge in [-0.25, -0.2) is 0 Å². The zero-order valence-electron chi connectivity index (χ0n) is 12.9. The summed E-state index contributed by atoms with van der Waals surface area (Å²) in [4.78, 5) is 11.0. The van der Waals surface area contributed by atoms with Gasteiger partial charge in [0.15, 0.2) is 6.29 Å². The fourth-order valence-electron chi connectivity index (χ4n) is 2.59. The lowest BCUT2D eigenvalue weighted by atomic mass is 9.94. The molecule has 5 nitrogen and oxygen atoms in total. The Morgan fingerprint density at radius 1 is 1.09 bits per heavy atom. The van der Waals surface area contributed by atoms with Crippen molar-refractivity contribution in [1.82, 2.24) is 0 Å². The first kappa shape index (κ1) is 16.1. The molecule has 0 fully saturated rings. The summed E-state index contributed by atoms with van der Waals surface area (Å²) < 4.78 is 10.7. The van der Waals surface area contributed by atoms with E-state index in [1.807, 2.05) is 37.3 Å². The fraction of sp³-hybridized carbons (Fsp3) is 0.294. The van der Waals surface area contributed by atoms with Crippen molar-refractivity contribution in [1.29, 1.82) is 0 Å². The molecule has 22 heavy (non-hydrogen) atoms. The third-order valence-electron chi connectivity index (χ3n) is 3.63. The topological polar surface area (TPSA) is 61.6 Å². The first-order valence-electron chi connectivity index (χ1n) is 6.94. The van der Waals surface area contributed by atoms with Crippen LogP contribution < -0.4 is 0 Å². The van der Waals surface area contributed by atoms with Crippen LogP contribution in [0, 0.1) is 17.0 Å². The molecule has 0 heterocycles. The van der Waals surface area contributed by atoms with Crippen molar-refractivity contribution in [2.75, 3.05) is 14.2 Å². The van der Waals surface area contributed by atoms with Crippen LogP contribution in [0.4, 0.5) is 5.69 Å². The van der Waals surface area contributed by atoms with Crippen molar-refractivity contribution in [3.8, 4) is 0 Å². The van der Waals surface area contributed by atoms with E-state index < -0.39 is 6.29 Å². The average Bonchev–Trinajstić information content (AvgIpc) is 2.51. The number of benzene rings is 2. The van der Waals surface area contributed by atoms with E-state index in [0.717, 1.165) is 16.7 Å². The lowest BCUT2D eigenvalue weighted by Crippen LogP contribution is -2.12. The molecular weight excluding hydrogens is 282 g/mol. The molecule has 2 rings (SSSR count). The molecule has 0 bridgehead atoms. The molecule has 0 saturated carbocycles. The standard InChI is InChI=1S/C17H19NO4/c1-12-9-10-15(18(19)20)14(16(12)17(21-2)22-3)11-13-7-5-4-6-8-13/h4-10,17H,11H2,1-3H3. The van der Waals surface area contributed by atoms with Gasteiger partial charge in [-0.3, -0.25) is 10.1 Å². The Balaban J connectivity index is 2.60. The smallest absolute Gasteiger partial charge is 0.273 e. The van der Waals surface area contributed by atoms with E-state index in [2.05, 4.69) is 0 Å². The molecule has 0 spiro atoms. The van der Waals surface area contributed by atoms with Crippen molar-refractivity contribution in [2.45, 2.75) is 19.6 Å². The van der Waals surface area contributed by atoms with Gasteiger partial charge in [0.1, 0.15) is 0 Å². The number of nitro benzene ring substituents is 1. The Kier molecular flexibility index (Phi) is 5.25. The van der Waals surface area contributed by atoms with Gasteiger partial charge in [-0.15, -0.1) is 0 Å². The molecule has 0 saturated heterocycles. The third-order valence-corrected chi connectivity index (χ3v) is 3.63. The summed E-state index contributed by atoms with van der Waals surface area (Å²) in [6.45, 7) is 1.90. The van der Waals surface area contributed by atoms with Crippen molar-refractivity contribution < 1.29 is 14.4 Å². The van der Waals surface area contributed by atoms with Gasteiger partial charge in [0, 0.05) is 37.8 Å². The van der Waals surface area contributed by atoms with Gasteiger partial charge in [-0.1, -0.05) is 36.4 Å². The van der Waals surface area contributed by atoms with Crippen LogP contribution in [0.1, 0.15) is 28.5 Å². The SMILES string of the molecule is COC(OC)c1c(C)ccc([N+](=O)[O-])c1Cc1ccccc1. The van der Waals surface area contributed by atoms with Crippen LogP contribution in [0.15, 0.2) is 42.5 Å². The lowest BCUT2D eigenvalue weighted by Gasteiger charge is -2.20. The minimum atomic E-state index is -0.626. The number of nitrogens with zero attached hydrogens (tertiary/aromatic N) is 1. The zero-order chi connectivity index (χ0) is 16.1. The molecule has 0 aliphatic carbocycles. The van der Waals surface area contributed by atoms with Crippen molar-refractivity contribution >= 4 is 5.69 Å². The number of aryl methyl sites for hydroxylation is 1. The van der Waals surface area contributed by atoms with Crippen LogP contribution in [0.25, 0.3) is 0 Å². The molecule has 5 heteroatoms. The number of hydrogen-bond donors (Lipinski definition) is 0. The Hall–Kier alpha value is -2.24. The van der Waals surface area contributed by atoms with Gasteiger partial charge >= 0.3 is 0 Å². The highest BCUT2D eigenvalue weighted by molar-refractivity contribution is 5.52. The Labute approximate surface area is 129 Å². The first-order chi connectivity index (χ1) is 10.6. The highest BCUT2D eigenvalue weighted by Crippen LogP contribution is 2.33. The summed E-state index contributed by atoms with van der Waals surface area (Å²) in [5.74, 6) is 0. The number of hydrogen-bond acceptors (Lipinski definition) is 4. The highest BCUT2D eigenvalue weighted by Gasteiger charge is 2.25. The monoisotopic (exact) mass is 301 g/mol. The van der Waals surface area contributed by atoms with E-state index in [4.69, 9.17) is 9.47 Å². The summed E-state index contributed by atoms with van der Waals surface area (Å²) >= 11 is 0. The minimum Gasteiger partial charge on any atom is -0.352 e. The maximum Gasteiger partial charge on any atom is 0.273 e. The van der Waals surface area contributed by atoms with Gasteiger partial charge in [0.05, 0.1) is 4.92 Å². The van der Waals surface area contributed by atoms with Crippen LogP contribution in [0.2, 0.25) is 0 Å². The number of rotatable bonds is 6. The molecule has 0 N–H and O–H groups in total. The first-order valence-corrected chi connectivity index (χ1v) is 6.94. The van der Waals surface area contributed by atoms with Crippen LogP contribution in [0.5, 0.6) is 0 Å². The second-order valence-electron chi connectivity index (χ2n) is 5.02. The van der Waals surface area contributed by atoms with Gasteiger partial charge in [0.2, 0.25) is 0 Å². The Bertz CT molecular complexity index is 651. The van der Waals surface area contributed by atoms with Crippen molar-refractivity contribution in [3.05, 3.63) is 74.8 Å². The van der Waals surface area contributed by atoms with Crippen LogP contribution in [0.3, 0.4) is 0 Å². The molecule has 0 aromatic heterocycles. The molecule has 0 aliphatic rings. The highest BCUT2D eigenvalue weighted by atomic mass is 16.7. The molecule has 0 radical (unpaired) electrons. The minimum absolute atomic E-state index is 0.0866. The number of ether oxygens (including phenoxy) is 2. The van der Waals surface area contributed by atoms with E-state index in [1.54, 1.807) is 12.1 Å². The zero-order valence-corrected chi connectivity index (χ0v) is 12.9. The molecular formula is C17H19NO4. The summed E-state index contributed by atoms with van der Waals surface area (Å²) in [6, 6.07) is 12.9. The second kappa shape index (κ2) is 7.15. The van der Waals surface area contributed by atoms with Crippen LogP contribution in [-0.2, 0) is 15.9 Å². The molecule has 2 aromatic rings. The van der Waals surface area contributed by atoms with E-state index >= 15 is 0 Å². The molecule has 0 atom stereocenters. The maximum atomic E-state index is 11.4. The predicted molar refractivity (Wildman–Crippen MR) is 83.8 cm³/mol.